The molecule has 1 aliphatic carbocycles. The van der Waals surface area contributed by atoms with Crippen LogP contribution < -0.4 is 5.32 Å². The molecular formula is C16H28ClN3. The van der Waals surface area contributed by atoms with Gasteiger partial charge in [-0.2, -0.15) is 5.10 Å². The van der Waals surface area contributed by atoms with Gasteiger partial charge in [-0.25, -0.2) is 0 Å². The van der Waals surface area contributed by atoms with E-state index in [2.05, 4.69) is 36.0 Å². The summed E-state index contributed by atoms with van der Waals surface area (Å²) in [4.78, 5) is 0. The van der Waals surface area contributed by atoms with Crippen molar-refractivity contribution in [1.82, 2.24) is 15.1 Å². The maximum atomic E-state index is 6.49. The predicted molar refractivity (Wildman–Crippen MR) is 85.4 cm³/mol. The zero-order valence-corrected chi connectivity index (χ0v) is 13.8. The van der Waals surface area contributed by atoms with E-state index in [1.165, 1.54) is 31.4 Å². The molecule has 1 aromatic heterocycles. The van der Waals surface area contributed by atoms with Crippen LogP contribution in [0.15, 0.2) is 0 Å². The molecule has 1 saturated carbocycles. The van der Waals surface area contributed by atoms with Gasteiger partial charge in [-0.3, -0.25) is 4.68 Å². The highest BCUT2D eigenvalue weighted by Gasteiger charge is 2.24. The molecule has 1 atom stereocenters. The summed E-state index contributed by atoms with van der Waals surface area (Å²) in [6, 6.07) is 0.624. The second-order valence-electron chi connectivity index (χ2n) is 5.86. The molecule has 0 amide bonds. The van der Waals surface area contributed by atoms with Gasteiger partial charge in [0.1, 0.15) is 0 Å². The van der Waals surface area contributed by atoms with Gasteiger partial charge in [0.25, 0.3) is 0 Å². The van der Waals surface area contributed by atoms with Gasteiger partial charge in [-0.1, -0.05) is 31.4 Å². The van der Waals surface area contributed by atoms with Crippen molar-refractivity contribution >= 4 is 11.6 Å². The highest BCUT2D eigenvalue weighted by molar-refractivity contribution is 6.31. The molecule has 0 aliphatic heterocycles. The SMILES string of the molecule is CCc1nn(CC)c(CCC(NC)C2CCCC2)c1Cl. The first-order chi connectivity index (χ1) is 9.71. The number of nitrogens with one attached hydrogen (secondary N) is 1. The van der Waals surface area contributed by atoms with Crippen LogP contribution in [-0.2, 0) is 19.4 Å². The monoisotopic (exact) mass is 297 g/mol. The van der Waals surface area contributed by atoms with Crippen molar-refractivity contribution in [1.29, 1.82) is 0 Å². The van der Waals surface area contributed by atoms with Crippen LogP contribution in [0.2, 0.25) is 5.02 Å². The van der Waals surface area contributed by atoms with Crippen LogP contribution in [0.5, 0.6) is 0 Å². The summed E-state index contributed by atoms with van der Waals surface area (Å²) in [6.07, 6.45) is 8.67. The fraction of sp³-hybridized carbons (Fsp3) is 0.812. The first kappa shape index (κ1) is 15.8. The van der Waals surface area contributed by atoms with Gasteiger partial charge in [0.15, 0.2) is 0 Å². The molecule has 20 heavy (non-hydrogen) atoms. The molecule has 3 nitrogen and oxygen atoms in total. The lowest BCUT2D eigenvalue weighted by Crippen LogP contribution is -2.32. The van der Waals surface area contributed by atoms with Crippen molar-refractivity contribution in [3.63, 3.8) is 0 Å². The minimum atomic E-state index is 0.624. The van der Waals surface area contributed by atoms with Crippen LogP contribution in [0.25, 0.3) is 0 Å². The fourth-order valence-electron chi connectivity index (χ4n) is 3.52. The lowest BCUT2D eigenvalue weighted by Gasteiger charge is -2.23. The summed E-state index contributed by atoms with van der Waals surface area (Å²) in [6.45, 7) is 5.16. The molecular weight excluding hydrogens is 270 g/mol. The van der Waals surface area contributed by atoms with E-state index in [0.717, 1.165) is 42.4 Å². The highest BCUT2D eigenvalue weighted by atomic mass is 35.5. The second-order valence-corrected chi connectivity index (χ2v) is 6.23. The summed E-state index contributed by atoms with van der Waals surface area (Å²) >= 11 is 6.49. The van der Waals surface area contributed by atoms with Crippen LogP contribution in [0.1, 0.15) is 57.3 Å². The van der Waals surface area contributed by atoms with E-state index in [-0.39, 0.29) is 0 Å². The van der Waals surface area contributed by atoms with Crippen molar-refractivity contribution < 1.29 is 0 Å². The molecule has 4 heteroatoms. The van der Waals surface area contributed by atoms with E-state index in [4.69, 9.17) is 11.6 Å². The number of halogens is 1. The molecule has 2 rings (SSSR count). The number of nitrogens with zero attached hydrogens (tertiary/aromatic N) is 2. The van der Waals surface area contributed by atoms with E-state index in [1.807, 2.05) is 0 Å². The van der Waals surface area contributed by atoms with Gasteiger partial charge in [0.05, 0.1) is 16.4 Å². The van der Waals surface area contributed by atoms with Gasteiger partial charge >= 0.3 is 0 Å². The quantitative estimate of drug-likeness (QED) is 0.829. The first-order valence-corrected chi connectivity index (χ1v) is 8.50. The Balaban J connectivity index is 2.03. The molecule has 1 fully saturated rings. The molecule has 0 radical (unpaired) electrons. The Morgan fingerprint density at radius 2 is 2.05 bits per heavy atom. The topological polar surface area (TPSA) is 29.9 Å². The third-order valence-electron chi connectivity index (χ3n) is 4.73. The molecule has 1 aromatic rings. The summed E-state index contributed by atoms with van der Waals surface area (Å²) in [5.41, 5.74) is 2.27. The van der Waals surface area contributed by atoms with E-state index in [1.54, 1.807) is 0 Å². The van der Waals surface area contributed by atoms with E-state index < -0.39 is 0 Å². The van der Waals surface area contributed by atoms with E-state index in [9.17, 15) is 0 Å². The standard InChI is InChI=1S/C16H28ClN3/c1-4-13-16(17)15(20(5-2)19-13)11-10-14(18-3)12-8-6-7-9-12/h12,14,18H,4-11H2,1-3H3. The third kappa shape index (κ3) is 3.37. The lowest BCUT2D eigenvalue weighted by atomic mass is 9.93. The largest absolute Gasteiger partial charge is 0.317 e. The third-order valence-corrected chi connectivity index (χ3v) is 5.16. The van der Waals surface area contributed by atoms with Crippen LogP contribution in [0.3, 0.4) is 0 Å². The molecule has 1 heterocycles. The Bertz CT molecular complexity index is 422. The minimum absolute atomic E-state index is 0.624. The molecule has 0 spiro atoms. The number of rotatable bonds is 7. The van der Waals surface area contributed by atoms with Crippen LogP contribution in [0, 0.1) is 5.92 Å². The van der Waals surface area contributed by atoms with E-state index in [0.29, 0.717) is 6.04 Å². The number of hydrogen-bond donors (Lipinski definition) is 1. The number of hydrogen-bond acceptors (Lipinski definition) is 2. The zero-order valence-electron chi connectivity index (χ0n) is 13.1. The molecule has 0 saturated heterocycles. The summed E-state index contributed by atoms with van der Waals surface area (Å²) in [5, 5.41) is 9.03. The molecule has 1 N–H and O–H groups in total. The van der Waals surface area contributed by atoms with Crippen molar-refractivity contribution in [2.45, 2.75) is 71.4 Å². The molecule has 114 valence electrons. The van der Waals surface area contributed by atoms with Crippen molar-refractivity contribution in [3.05, 3.63) is 16.4 Å². The Kier molecular flexibility index (Phi) is 5.91. The smallest absolute Gasteiger partial charge is 0.0849 e. The Hall–Kier alpha value is -0.540. The maximum Gasteiger partial charge on any atom is 0.0849 e. The van der Waals surface area contributed by atoms with Crippen molar-refractivity contribution in [3.8, 4) is 0 Å². The Morgan fingerprint density at radius 1 is 1.35 bits per heavy atom. The van der Waals surface area contributed by atoms with Gasteiger partial charge in [0.2, 0.25) is 0 Å². The van der Waals surface area contributed by atoms with Crippen molar-refractivity contribution in [2.75, 3.05) is 7.05 Å². The molecule has 0 bridgehead atoms. The summed E-state index contributed by atoms with van der Waals surface area (Å²) < 4.78 is 2.09. The maximum absolute atomic E-state index is 6.49. The first-order valence-electron chi connectivity index (χ1n) is 8.12. The van der Waals surface area contributed by atoms with Gasteiger partial charge in [-0.05, 0) is 52.0 Å². The number of aryl methyl sites for hydroxylation is 2. The minimum Gasteiger partial charge on any atom is -0.317 e. The zero-order chi connectivity index (χ0) is 14.5. The summed E-state index contributed by atoms with van der Waals surface area (Å²) in [5.74, 6) is 0.849. The Morgan fingerprint density at radius 3 is 2.60 bits per heavy atom. The van der Waals surface area contributed by atoms with Gasteiger partial charge in [-0.15, -0.1) is 0 Å². The molecule has 1 aliphatic rings. The second kappa shape index (κ2) is 7.46. The fourth-order valence-corrected chi connectivity index (χ4v) is 3.89. The number of aromatic nitrogens is 2. The van der Waals surface area contributed by atoms with E-state index >= 15 is 0 Å². The normalized spacial score (nSPS) is 17.8. The predicted octanol–water partition coefficient (Wildman–Crippen LogP) is 3.83. The average Bonchev–Trinajstić information content (AvgIpc) is 3.08. The van der Waals surface area contributed by atoms with Crippen LogP contribution >= 0.6 is 11.6 Å². The lowest BCUT2D eigenvalue weighted by molar-refractivity contribution is 0.357. The van der Waals surface area contributed by atoms with Gasteiger partial charge in [0, 0.05) is 12.6 Å². The van der Waals surface area contributed by atoms with Crippen LogP contribution in [0.4, 0.5) is 0 Å². The molecule has 1 unspecified atom stereocenters. The Labute approximate surface area is 128 Å². The summed E-state index contributed by atoms with van der Waals surface area (Å²) in [7, 11) is 2.10. The van der Waals surface area contributed by atoms with Gasteiger partial charge < -0.3 is 5.32 Å². The average molecular weight is 298 g/mol. The van der Waals surface area contributed by atoms with Crippen molar-refractivity contribution in [2.24, 2.45) is 5.92 Å². The van der Waals surface area contributed by atoms with Crippen LogP contribution in [-0.4, -0.2) is 22.9 Å². The molecule has 0 aromatic carbocycles. The highest BCUT2D eigenvalue weighted by Crippen LogP contribution is 2.30.